The topological polar surface area (TPSA) is 67.8 Å². The fourth-order valence-corrected chi connectivity index (χ4v) is 4.42. The lowest BCUT2D eigenvalue weighted by molar-refractivity contribution is 0.414. The number of hydrogen-bond acceptors (Lipinski definition) is 4. The van der Waals surface area contributed by atoms with Crippen LogP contribution in [-0.4, -0.2) is 21.4 Å². The first-order valence-electron chi connectivity index (χ1n) is 8.31. The van der Waals surface area contributed by atoms with Crippen LogP contribution >= 0.6 is 0 Å². The molecule has 2 aromatic carbocycles. The van der Waals surface area contributed by atoms with Gasteiger partial charge in [0.05, 0.1) is 13.7 Å². The fraction of sp³-hybridized carbons (Fsp3) is 0.250. The Balaban J connectivity index is 1.97. The Kier molecular flexibility index (Phi) is 4.87. The SMILES string of the molecule is COc1cccc(CN=C2NS(=O)(=O)C(c3ccc(C)c(C)c3)=C2C)c1. The molecule has 0 atom stereocenters. The van der Waals surface area contributed by atoms with Crippen molar-refractivity contribution >= 4 is 20.8 Å². The summed E-state index contributed by atoms with van der Waals surface area (Å²) < 4.78 is 33.0. The third-order valence-corrected chi connectivity index (χ3v) is 6.06. The van der Waals surface area contributed by atoms with Crippen LogP contribution in [0.25, 0.3) is 4.91 Å². The van der Waals surface area contributed by atoms with Crippen molar-refractivity contribution < 1.29 is 13.2 Å². The van der Waals surface area contributed by atoms with Crippen LogP contribution in [0.1, 0.15) is 29.2 Å². The predicted molar refractivity (Wildman–Crippen MR) is 105 cm³/mol. The molecular formula is C20H22N2O3S. The molecule has 0 aromatic heterocycles. The number of aliphatic imine (C=N–C) groups is 1. The highest BCUT2D eigenvalue weighted by Gasteiger charge is 2.32. The summed E-state index contributed by atoms with van der Waals surface area (Å²) in [5, 5.41) is 0. The van der Waals surface area contributed by atoms with Gasteiger partial charge in [-0.1, -0.05) is 30.3 Å². The standard InChI is InChI=1S/C20H22N2O3S/c1-13-8-9-17(10-14(13)2)19-15(3)20(22-26(19,23)24)21-12-16-6-5-7-18(11-16)25-4/h5-11H,12H2,1-4H3,(H,21,22). The molecule has 0 radical (unpaired) electrons. The summed E-state index contributed by atoms with van der Waals surface area (Å²) in [4.78, 5) is 4.77. The first-order chi connectivity index (χ1) is 12.3. The molecule has 0 unspecified atom stereocenters. The lowest BCUT2D eigenvalue weighted by Crippen LogP contribution is -2.23. The van der Waals surface area contributed by atoms with Crippen LogP contribution in [0, 0.1) is 13.8 Å². The van der Waals surface area contributed by atoms with Crippen LogP contribution in [0.4, 0.5) is 0 Å². The van der Waals surface area contributed by atoms with Crippen molar-refractivity contribution in [1.29, 1.82) is 0 Å². The molecule has 5 nitrogen and oxygen atoms in total. The number of sulfonamides is 1. The average molecular weight is 370 g/mol. The molecule has 6 heteroatoms. The van der Waals surface area contributed by atoms with Gasteiger partial charge in [-0.3, -0.25) is 9.71 Å². The summed E-state index contributed by atoms with van der Waals surface area (Å²) >= 11 is 0. The van der Waals surface area contributed by atoms with E-state index in [2.05, 4.69) is 9.71 Å². The van der Waals surface area contributed by atoms with Gasteiger partial charge >= 0.3 is 0 Å². The highest BCUT2D eigenvalue weighted by Crippen LogP contribution is 2.31. The number of nitrogens with zero attached hydrogens (tertiary/aromatic N) is 1. The molecule has 0 saturated carbocycles. The predicted octanol–water partition coefficient (Wildman–Crippen LogP) is 3.57. The molecule has 0 aliphatic carbocycles. The molecule has 0 bridgehead atoms. The van der Waals surface area contributed by atoms with Crippen molar-refractivity contribution in [2.24, 2.45) is 4.99 Å². The van der Waals surface area contributed by atoms with Crippen LogP contribution in [0.15, 0.2) is 53.0 Å². The van der Waals surface area contributed by atoms with Gasteiger partial charge in [0, 0.05) is 5.57 Å². The highest BCUT2D eigenvalue weighted by atomic mass is 32.2. The van der Waals surface area contributed by atoms with Crippen LogP contribution in [0.5, 0.6) is 5.75 Å². The molecule has 0 fully saturated rings. The molecule has 136 valence electrons. The average Bonchev–Trinajstić information content (AvgIpc) is 2.84. The minimum Gasteiger partial charge on any atom is -0.497 e. The number of benzene rings is 2. The number of hydrogen-bond donors (Lipinski definition) is 1. The summed E-state index contributed by atoms with van der Waals surface area (Å²) in [6.07, 6.45) is 0. The van der Waals surface area contributed by atoms with E-state index >= 15 is 0 Å². The second-order valence-corrected chi connectivity index (χ2v) is 7.99. The number of methoxy groups -OCH3 is 1. The van der Waals surface area contributed by atoms with E-state index in [1.54, 1.807) is 14.0 Å². The van der Waals surface area contributed by atoms with Gasteiger partial charge in [0.1, 0.15) is 16.5 Å². The third-order valence-electron chi connectivity index (χ3n) is 4.52. The third kappa shape index (κ3) is 3.51. The Bertz CT molecular complexity index is 1020. The lowest BCUT2D eigenvalue weighted by Gasteiger charge is -2.06. The maximum Gasteiger partial charge on any atom is 0.264 e. The summed E-state index contributed by atoms with van der Waals surface area (Å²) in [5.74, 6) is 1.14. The van der Waals surface area contributed by atoms with E-state index in [9.17, 15) is 8.42 Å². The maximum absolute atomic E-state index is 12.6. The van der Waals surface area contributed by atoms with E-state index in [0.717, 1.165) is 22.4 Å². The minimum absolute atomic E-state index is 0.296. The fourth-order valence-electron chi connectivity index (χ4n) is 2.91. The summed E-state index contributed by atoms with van der Waals surface area (Å²) in [6, 6.07) is 13.2. The van der Waals surface area contributed by atoms with E-state index in [1.807, 2.05) is 56.3 Å². The monoisotopic (exact) mass is 370 g/mol. The van der Waals surface area contributed by atoms with Crippen molar-refractivity contribution in [2.45, 2.75) is 27.3 Å². The molecule has 0 amide bonds. The van der Waals surface area contributed by atoms with E-state index in [1.165, 1.54) is 0 Å². The van der Waals surface area contributed by atoms with Gasteiger partial charge in [0.2, 0.25) is 0 Å². The van der Waals surface area contributed by atoms with Crippen molar-refractivity contribution in [1.82, 2.24) is 4.72 Å². The Labute approximate surface area is 154 Å². The molecular weight excluding hydrogens is 348 g/mol. The lowest BCUT2D eigenvalue weighted by atomic mass is 10.0. The molecule has 1 aliphatic rings. The van der Waals surface area contributed by atoms with E-state index in [4.69, 9.17) is 4.74 Å². The molecule has 0 saturated heterocycles. The number of rotatable bonds is 4. The van der Waals surface area contributed by atoms with E-state index < -0.39 is 10.0 Å². The summed E-state index contributed by atoms with van der Waals surface area (Å²) in [7, 11) is -2.00. The Morgan fingerprint density at radius 2 is 1.81 bits per heavy atom. The second-order valence-electron chi connectivity index (χ2n) is 6.38. The Morgan fingerprint density at radius 1 is 1.04 bits per heavy atom. The van der Waals surface area contributed by atoms with Gasteiger partial charge < -0.3 is 4.74 Å². The molecule has 3 rings (SSSR count). The normalized spacial score (nSPS) is 17.5. The highest BCUT2D eigenvalue weighted by molar-refractivity contribution is 8.00. The van der Waals surface area contributed by atoms with Gasteiger partial charge in [-0.05, 0) is 55.2 Å². The van der Waals surface area contributed by atoms with Gasteiger partial charge in [0.15, 0.2) is 0 Å². The number of amidine groups is 1. The number of nitrogens with one attached hydrogen (secondary N) is 1. The van der Waals surface area contributed by atoms with Gasteiger partial charge in [-0.2, -0.15) is 0 Å². The summed E-state index contributed by atoms with van der Waals surface area (Å²) in [6.45, 7) is 6.13. The largest absolute Gasteiger partial charge is 0.497 e. The molecule has 26 heavy (non-hydrogen) atoms. The zero-order chi connectivity index (χ0) is 18.9. The zero-order valence-electron chi connectivity index (χ0n) is 15.3. The molecule has 1 aliphatic heterocycles. The smallest absolute Gasteiger partial charge is 0.264 e. The van der Waals surface area contributed by atoms with Crippen molar-refractivity contribution in [2.75, 3.05) is 7.11 Å². The zero-order valence-corrected chi connectivity index (χ0v) is 16.1. The molecule has 0 spiro atoms. The maximum atomic E-state index is 12.6. The second kappa shape index (κ2) is 6.96. The molecule has 1 heterocycles. The van der Waals surface area contributed by atoms with E-state index in [-0.39, 0.29) is 0 Å². The van der Waals surface area contributed by atoms with Gasteiger partial charge in [0.25, 0.3) is 10.0 Å². The van der Waals surface area contributed by atoms with Crippen LogP contribution in [-0.2, 0) is 16.6 Å². The molecule has 1 N–H and O–H groups in total. The van der Waals surface area contributed by atoms with Crippen molar-refractivity contribution in [3.63, 3.8) is 0 Å². The quantitative estimate of drug-likeness (QED) is 0.894. The van der Waals surface area contributed by atoms with Crippen LogP contribution in [0.3, 0.4) is 0 Å². The van der Waals surface area contributed by atoms with Crippen LogP contribution < -0.4 is 9.46 Å². The van der Waals surface area contributed by atoms with E-state index in [0.29, 0.717) is 28.4 Å². The first-order valence-corrected chi connectivity index (χ1v) is 9.79. The number of aryl methyl sites for hydroxylation is 2. The Morgan fingerprint density at radius 3 is 2.50 bits per heavy atom. The Hall–Kier alpha value is -2.60. The first kappa shape index (κ1) is 18.2. The van der Waals surface area contributed by atoms with Crippen molar-refractivity contribution in [3.8, 4) is 5.75 Å². The minimum atomic E-state index is -3.61. The van der Waals surface area contributed by atoms with Crippen LogP contribution in [0.2, 0.25) is 0 Å². The van der Waals surface area contributed by atoms with Crippen molar-refractivity contribution in [3.05, 3.63) is 70.3 Å². The molecule has 2 aromatic rings. The van der Waals surface area contributed by atoms with Gasteiger partial charge in [-0.15, -0.1) is 0 Å². The summed E-state index contributed by atoms with van der Waals surface area (Å²) in [5.41, 5.74) is 4.45. The number of ether oxygens (including phenoxy) is 1. The van der Waals surface area contributed by atoms with Gasteiger partial charge in [-0.25, -0.2) is 8.42 Å².